The van der Waals surface area contributed by atoms with Crippen LogP contribution in [0.5, 0.6) is 23.0 Å². The van der Waals surface area contributed by atoms with E-state index in [4.69, 9.17) is 30.5 Å². The number of benzene rings is 3. The average molecular weight is 468 g/mol. The molecule has 0 saturated carbocycles. The second-order valence-electron chi connectivity index (χ2n) is 7.66. The molecule has 7 heteroatoms. The highest BCUT2D eigenvalue weighted by molar-refractivity contribution is 6.30. The van der Waals surface area contributed by atoms with Crippen molar-refractivity contribution in [1.29, 1.82) is 0 Å². The van der Waals surface area contributed by atoms with E-state index in [1.807, 2.05) is 41.3 Å². The maximum atomic E-state index is 13.3. The van der Waals surface area contributed by atoms with Crippen LogP contribution in [0.4, 0.5) is 0 Å². The number of carbonyl (C=O) groups excluding carboxylic acids is 1. The molecule has 3 aromatic carbocycles. The molecular weight excluding hydrogens is 442 g/mol. The van der Waals surface area contributed by atoms with Crippen LogP contribution in [-0.4, -0.2) is 45.3 Å². The van der Waals surface area contributed by atoms with Gasteiger partial charge >= 0.3 is 0 Å². The third kappa shape index (κ3) is 4.86. The van der Waals surface area contributed by atoms with Gasteiger partial charge in [-0.05, 0) is 71.6 Å². The van der Waals surface area contributed by atoms with Gasteiger partial charge in [0.15, 0.2) is 18.1 Å². The zero-order valence-corrected chi connectivity index (χ0v) is 19.6. The predicted molar refractivity (Wildman–Crippen MR) is 127 cm³/mol. The molecule has 0 fully saturated rings. The molecule has 1 amide bonds. The van der Waals surface area contributed by atoms with Gasteiger partial charge in [0.2, 0.25) is 0 Å². The van der Waals surface area contributed by atoms with Crippen LogP contribution in [0.2, 0.25) is 5.02 Å². The molecule has 0 bridgehead atoms. The largest absolute Gasteiger partial charge is 0.497 e. The lowest BCUT2D eigenvalue weighted by Crippen LogP contribution is -2.43. The van der Waals surface area contributed by atoms with Gasteiger partial charge in [0, 0.05) is 11.6 Å². The van der Waals surface area contributed by atoms with Crippen LogP contribution in [0.3, 0.4) is 0 Å². The molecule has 0 N–H and O–H groups in total. The van der Waals surface area contributed by atoms with E-state index >= 15 is 0 Å². The predicted octanol–water partition coefficient (Wildman–Crippen LogP) is 4.92. The molecule has 1 aliphatic heterocycles. The maximum absolute atomic E-state index is 13.3. The topological polar surface area (TPSA) is 57.2 Å². The molecule has 33 heavy (non-hydrogen) atoms. The summed E-state index contributed by atoms with van der Waals surface area (Å²) in [7, 11) is 4.86. The number of hydrogen-bond acceptors (Lipinski definition) is 5. The Morgan fingerprint density at radius 1 is 0.909 bits per heavy atom. The Hall–Kier alpha value is -3.38. The van der Waals surface area contributed by atoms with Crippen molar-refractivity contribution in [3.63, 3.8) is 0 Å². The van der Waals surface area contributed by atoms with Crippen molar-refractivity contribution in [1.82, 2.24) is 4.90 Å². The van der Waals surface area contributed by atoms with Crippen molar-refractivity contribution in [2.45, 2.75) is 12.5 Å². The number of halogens is 1. The summed E-state index contributed by atoms with van der Waals surface area (Å²) >= 11 is 5.94. The molecule has 3 aromatic rings. The Balaban J connectivity index is 1.68. The molecule has 0 unspecified atom stereocenters. The van der Waals surface area contributed by atoms with Crippen LogP contribution < -0.4 is 18.9 Å². The first-order chi connectivity index (χ1) is 16.0. The lowest BCUT2D eigenvalue weighted by atomic mass is 9.87. The van der Waals surface area contributed by atoms with E-state index in [1.165, 1.54) is 0 Å². The number of hydrogen-bond donors (Lipinski definition) is 0. The molecule has 1 atom stereocenters. The molecule has 1 aliphatic rings. The van der Waals surface area contributed by atoms with E-state index in [2.05, 4.69) is 0 Å². The van der Waals surface area contributed by atoms with Gasteiger partial charge in [-0.15, -0.1) is 0 Å². The fourth-order valence-electron chi connectivity index (χ4n) is 4.12. The summed E-state index contributed by atoms with van der Waals surface area (Å²) in [5.74, 6) is 2.55. The minimum atomic E-state index is -0.291. The van der Waals surface area contributed by atoms with Crippen LogP contribution >= 0.6 is 11.6 Å². The summed E-state index contributed by atoms with van der Waals surface area (Å²) in [6, 6.07) is 18.4. The van der Waals surface area contributed by atoms with Crippen molar-refractivity contribution >= 4 is 17.5 Å². The normalized spacial score (nSPS) is 14.9. The number of nitrogens with zero attached hydrogens (tertiary/aromatic N) is 1. The van der Waals surface area contributed by atoms with E-state index in [0.29, 0.717) is 35.2 Å². The van der Waals surface area contributed by atoms with Crippen molar-refractivity contribution in [3.05, 3.63) is 82.4 Å². The summed E-state index contributed by atoms with van der Waals surface area (Å²) in [5.41, 5.74) is 3.10. The Morgan fingerprint density at radius 2 is 1.55 bits per heavy atom. The van der Waals surface area contributed by atoms with Crippen molar-refractivity contribution in [2.75, 3.05) is 34.5 Å². The first kappa shape index (κ1) is 22.8. The number of carbonyl (C=O) groups is 1. The fourth-order valence-corrected chi connectivity index (χ4v) is 4.24. The van der Waals surface area contributed by atoms with Gasteiger partial charge < -0.3 is 23.8 Å². The minimum absolute atomic E-state index is 0.0725. The first-order valence-electron chi connectivity index (χ1n) is 10.6. The molecule has 4 rings (SSSR count). The summed E-state index contributed by atoms with van der Waals surface area (Å²) in [4.78, 5) is 15.2. The maximum Gasteiger partial charge on any atom is 0.261 e. The number of rotatable bonds is 7. The zero-order chi connectivity index (χ0) is 23.4. The molecular formula is C26H26ClNO5. The molecule has 172 valence electrons. The van der Waals surface area contributed by atoms with Crippen molar-refractivity contribution < 1.29 is 23.7 Å². The Morgan fingerprint density at radius 3 is 2.18 bits per heavy atom. The van der Waals surface area contributed by atoms with Crippen LogP contribution in [0.1, 0.15) is 22.7 Å². The second kappa shape index (κ2) is 10.0. The zero-order valence-electron chi connectivity index (χ0n) is 18.8. The highest BCUT2D eigenvalue weighted by Gasteiger charge is 2.33. The van der Waals surface area contributed by atoms with Crippen molar-refractivity contribution in [2.24, 2.45) is 0 Å². The van der Waals surface area contributed by atoms with Gasteiger partial charge in [-0.1, -0.05) is 23.7 Å². The Bertz CT molecular complexity index is 1110. The Labute approximate surface area is 198 Å². The van der Waals surface area contributed by atoms with Crippen LogP contribution in [-0.2, 0) is 11.2 Å². The standard InChI is InChI=1S/C26H26ClNO5/c1-30-20-8-4-17(5-9-20)26-22-15-24(32-3)23(31-2)14-18(22)12-13-28(26)25(29)16-33-21-10-6-19(27)7-11-21/h4-11,14-15,26H,12-13,16H2,1-3H3/t26-/m1/s1. The van der Waals surface area contributed by atoms with Crippen LogP contribution in [0.15, 0.2) is 60.7 Å². The number of ether oxygens (including phenoxy) is 4. The van der Waals surface area contributed by atoms with Crippen LogP contribution in [0, 0.1) is 0 Å². The third-order valence-corrected chi connectivity index (χ3v) is 6.05. The summed E-state index contributed by atoms with van der Waals surface area (Å²) < 4.78 is 22.1. The highest BCUT2D eigenvalue weighted by atomic mass is 35.5. The van der Waals surface area contributed by atoms with E-state index in [0.717, 1.165) is 22.4 Å². The molecule has 0 aromatic heterocycles. The van der Waals surface area contributed by atoms with E-state index in [-0.39, 0.29) is 18.6 Å². The van der Waals surface area contributed by atoms with E-state index in [1.54, 1.807) is 45.6 Å². The fraction of sp³-hybridized carbons (Fsp3) is 0.269. The Kier molecular flexibility index (Phi) is 6.94. The highest BCUT2D eigenvalue weighted by Crippen LogP contribution is 2.41. The molecule has 0 spiro atoms. The SMILES string of the molecule is COc1ccc([C@@H]2c3cc(OC)c(OC)cc3CCN2C(=O)COc2ccc(Cl)cc2)cc1. The summed E-state index contributed by atoms with van der Waals surface area (Å²) in [5, 5.41) is 0.616. The molecule has 0 saturated heterocycles. The number of methoxy groups -OCH3 is 3. The van der Waals surface area contributed by atoms with Gasteiger partial charge in [0.25, 0.3) is 5.91 Å². The molecule has 0 radical (unpaired) electrons. The van der Waals surface area contributed by atoms with Crippen LogP contribution in [0.25, 0.3) is 0 Å². The first-order valence-corrected chi connectivity index (χ1v) is 11.0. The lowest BCUT2D eigenvalue weighted by molar-refractivity contribution is -0.135. The lowest BCUT2D eigenvalue weighted by Gasteiger charge is -2.38. The number of fused-ring (bicyclic) bond motifs is 1. The summed E-state index contributed by atoms with van der Waals surface area (Å²) in [6.07, 6.45) is 0.703. The number of amides is 1. The smallest absolute Gasteiger partial charge is 0.261 e. The molecule has 1 heterocycles. The second-order valence-corrected chi connectivity index (χ2v) is 8.10. The molecule has 0 aliphatic carbocycles. The minimum Gasteiger partial charge on any atom is -0.497 e. The van der Waals surface area contributed by atoms with Gasteiger partial charge in [0.05, 0.1) is 27.4 Å². The average Bonchev–Trinajstić information content (AvgIpc) is 2.86. The summed E-state index contributed by atoms with van der Waals surface area (Å²) in [6.45, 7) is 0.485. The quantitative estimate of drug-likeness (QED) is 0.493. The van der Waals surface area contributed by atoms with Crippen molar-refractivity contribution in [3.8, 4) is 23.0 Å². The van der Waals surface area contributed by atoms with Gasteiger partial charge in [-0.3, -0.25) is 4.79 Å². The van der Waals surface area contributed by atoms with Gasteiger partial charge in [-0.25, -0.2) is 0 Å². The van der Waals surface area contributed by atoms with Gasteiger partial charge in [0.1, 0.15) is 11.5 Å². The van der Waals surface area contributed by atoms with E-state index in [9.17, 15) is 4.79 Å². The third-order valence-electron chi connectivity index (χ3n) is 5.80. The monoisotopic (exact) mass is 467 g/mol. The molecule has 6 nitrogen and oxygen atoms in total. The van der Waals surface area contributed by atoms with E-state index < -0.39 is 0 Å². The van der Waals surface area contributed by atoms with Gasteiger partial charge in [-0.2, -0.15) is 0 Å².